The predicted octanol–water partition coefficient (Wildman–Crippen LogP) is 4.75. The van der Waals surface area contributed by atoms with E-state index < -0.39 is 0 Å². The Labute approximate surface area is 210 Å². The second-order valence-corrected chi connectivity index (χ2v) is 8.47. The van der Waals surface area contributed by atoms with E-state index in [1.165, 1.54) is 0 Å². The molecule has 0 aliphatic carbocycles. The number of hydrogen-bond donors (Lipinski definition) is 1. The molecule has 1 atom stereocenters. The van der Waals surface area contributed by atoms with Crippen LogP contribution in [0.3, 0.4) is 0 Å². The topological polar surface area (TPSA) is 83.3 Å². The predicted molar refractivity (Wildman–Crippen MR) is 137 cm³/mol. The third-order valence-electron chi connectivity index (χ3n) is 5.71. The van der Waals surface area contributed by atoms with Gasteiger partial charge in [-0.1, -0.05) is 18.2 Å². The molecule has 4 rings (SSSR count). The van der Waals surface area contributed by atoms with E-state index in [0.717, 1.165) is 22.5 Å². The van der Waals surface area contributed by atoms with E-state index in [0.29, 0.717) is 42.6 Å². The molecule has 1 N–H and O–H groups in total. The highest BCUT2D eigenvalue weighted by atomic mass is 16.5. The third kappa shape index (κ3) is 6.14. The van der Waals surface area contributed by atoms with Crippen LogP contribution in [-0.4, -0.2) is 42.7 Å². The van der Waals surface area contributed by atoms with Crippen LogP contribution in [0.15, 0.2) is 67.0 Å². The molecular formula is C28H31N3O5. The Hall–Kier alpha value is -4.04. The van der Waals surface area contributed by atoms with Crippen LogP contribution in [-0.2, 0) is 11.3 Å². The lowest BCUT2D eigenvalue weighted by molar-refractivity contribution is 0.0939. The van der Waals surface area contributed by atoms with Crippen molar-refractivity contribution in [3.05, 3.63) is 89.4 Å². The summed E-state index contributed by atoms with van der Waals surface area (Å²) in [7, 11) is 3.21. The van der Waals surface area contributed by atoms with E-state index in [9.17, 15) is 4.79 Å². The van der Waals surface area contributed by atoms with Crippen molar-refractivity contribution in [2.75, 3.05) is 27.4 Å². The van der Waals surface area contributed by atoms with Gasteiger partial charge in [-0.3, -0.25) is 4.79 Å². The number of rotatable bonds is 11. The molecule has 0 saturated carbocycles. The zero-order valence-electron chi connectivity index (χ0n) is 21.0. The lowest BCUT2D eigenvalue weighted by atomic mass is 10.1. The molecule has 1 unspecified atom stereocenters. The smallest absolute Gasteiger partial charge is 0.251 e. The number of fused-ring (bicyclic) bond motifs is 1. The first kappa shape index (κ1) is 25.1. The largest absolute Gasteiger partial charge is 0.493 e. The van der Waals surface area contributed by atoms with Crippen LogP contribution in [0.1, 0.15) is 40.1 Å². The van der Waals surface area contributed by atoms with Crippen LogP contribution in [0.4, 0.5) is 0 Å². The molecule has 8 nitrogen and oxygen atoms in total. The fourth-order valence-electron chi connectivity index (χ4n) is 3.78. The maximum absolute atomic E-state index is 12.9. The molecule has 2 heterocycles. The lowest BCUT2D eigenvalue weighted by Gasteiger charge is -2.17. The van der Waals surface area contributed by atoms with Crippen LogP contribution in [0.5, 0.6) is 17.2 Å². The summed E-state index contributed by atoms with van der Waals surface area (Å²) in [5, 5.41) is 3.03. The van der Waals surface area contributed by atoms with Crippen molar-refractivity contribution < 1.29 is 23.7 Å². The highest BCUT2D eigenvalue weighted by Gasteiger charge is 2.15. The highest BCUT2D eigenvalue weighted by molar-refractivity contribution is 5.94. The fraction of sp³-hybridized carbons (Fsp3) is 0.286. The number of nitrogens with one attached hydrogen (secondary N) is 1. The van der Waals surface area contributed by atoms with Gasteiger partial charge in [-0.15, -0.1) is 0 Å². The van der Waals surface area contributed by atoms with Crippen LogP contribution in [0.2, 0.25) is 0 Å². The molecule has 2 aromatic heterocycles. The Morgan fingerprint density at radius 1 is 1.00 bits per heavy atom. The van der Waals surface area contributed by atoms with Crippen molar-refractivity contribution in [3.63, 3.8) is 0 Å². The minimum absolute atomic E-state index is 0.199. The van der Waals surface area contributed by atoms with E-state index in [1.54, 1.807) is 32.4 Å². The number of aryl methyl sites for hydroxylation is 1. The normalized spacial score (nSPS) is 11.8. The number of amides is 1. The zero-order chi connectivity index (χ0) is 25.5. The molecule has 0 radical (unpaired) electrons. The van der Waals surface area contributed by atoms with E-state index in [2.05, 4.69) is 10.3 Å². The second-order valence-electron chi connectivity index (χ2n) is 8.47. The van der Waals surface area contributed by atoms with E-state index in [4.69, 9.17) is 18.9 Å². The number of benzene rings is 2. The number of ether oxygens (including phenoxy) is 4. The van der Waals surface area contributed by atoms with Crippen LogP contribution >= 0.6 is 0 Å². The van der Waals surface area contributed by atoms with Gasteiger partial charge < -0.3 is 28.7 Å². The number of pyridine rings is 1. The summed E-state index contributed by atoms with van der Waals surface area (Å²) >= 11 is 0. The Bertz CT molecular complexity index is 1330. The van der Waals surface area contributed by atoms with Gasteiger partial charge in [0, 0.05) is 25.1 Å². The third-order valence-corrected chi connectivity index (χ3v) is 5.71. The average Bonchev–Trinajstić information content (AvgIpc) is 3.30. The molecule has 0 aliphatic rings. The number of aromatic nitrogens is 2. The van der Waals surface area contributed by atoms with E-state index in [1.807, 2.05) is 67.0 Å². The maximum atomic E-state index is 12.9. The second kappa shape index (κ2) is 11.6. The summed E-state index contributed by atoms with van der Waals surface area (Å²) < 4.78 is 24.1. The fourth-order valence-corrected chi connectivity index (χ4v) is 3.78. The summed E-state index contributed by atoms with van der Waals surface area (Å²) in [4.78, 5) is 17.5. The number of carbonyl (C=O) groups excluding carboxylic acids is 1. The summed E-state index contributed by atoms with van der Waals surface area (Å²) in [5.74, 6) is 1.63. The van der Waals surface area contributed by atoms with E-state index in [-0.39, 0.29) is 11.9 Å². The molecule has 0 spiro atoms. The molecule has 4 aromatic rings. The molecule has 2 aromatic carbocycles. The van der Waals surface area contributed by atoms with Crippen LogP contribution in [0.25, 0.3) is 5.65 Å². The van der Waals surface area contributed by atoms with Gasteiger partial charge in [-0.05, 0) is 61.4 Å². The number of methoxy groups -OCH3 is 2. The van der Waals surface area contributed by atoms with Crippen molar-refractivity contribution in [1.29, 1.82) is 0 Å². The lowest BCUT2D eigenvalue weighted by Crippen LogP contribution is -2.26. The summed E-state index contributed by atoms with van der Waals surface area (Å²) in [5.41, 5.74) is 4.25. The van der Waals surface area contributed by atoms with Gasteiger partial charge in [0.15, 0.2) is 11.5 Å². The molecule has 1 amide bonds. The number of nitrogens with zero attached hydrogens (tertiary/aromatic N) is 2. The van der Waals surface area contributed by atoms with Gasteiger partial charge in [0.25, 0.3) is 5.91 Å². The maximum Gasteiger partial charge on any atom is 0.251 e. The number of hydrogen-bond acceptors (Lipinski definition) is 6. The highest BCUT2D eigenvalue weighted by Crippen LogP contribution is 2.30. The molecule has 0 fully saturated rings. The monoisotopic (exact) mass is 489 g/mol. The Kier molecular flexibility index (Phi) is 8.07. The number of imidazole rings is 1. The average molecular weight is 490 g/mol. The summed E-state index contributed by atoms with van der Waals surface area (Å²) in [6, 6.07) is 16.5. The molecule has 188 valence electrons. The summed E-state index contributed by atoms with van der Waals surface area (Å²) in [6.07, 6.45) is 3.97. The Morgan fingerprint density at radius 2 is 1.86 bits per heavy atom. The Balaban J connectivity index is 1.38. The Morgan fingerprint density at radius 3 is 2.67 bits per heavy atom. The standard InChI is InChI=1S/C28H31N3O5/c1-19-8-11-27-30-23(17-31(27)16-19)18-36-24-7-5-6-22(14-24)28(32)29-20(2)21-9-10-25(26(15-21)34-4)35-13-12-33-3/h5-11,14-17,20H,12-13,18H2,1-4H3,(H,29,32). The van der Waals surface area contributed by atoms with Crippen molar-refractivity contribution in [1.82, 2.24) is 14.7 Å². The molecule has 36 heavy (non-hydrogen) atoms. The van der Waals surface area contributed by atoms with Crippen molar-refractivity contribution in [2.24, 2.45) is 0 Å². The van der Waals surface area contributed by atoms with E-state index >= 15 is 0 Å². The van der Waals surface area contributed by atoms with Crippen molar-refractivity contribution in [3.8, 4) is 17.2 Å². The molecule has 8 heteroatoms. The van der Waals surface area contributed by atoms with Gasteiger partial charge >= 0.3 is 0 Å². The van der Waals surface area contributed by atoms with Gasteiger partial charge in [0.2, 0.25) is 0 Å². The van der Waals surface area contributed by atoms with Gasteiger partial charge in [-0.2, -0.15) is 0 Å². The zero-order valence-corrected chi connectivity index (χ0v) is 21.0. The first-order valence-electron chi connectivity index (χ1n) is 11.7. The summed E-state index contributed by atoms with van der Waals surface area (Å²) in [6.45, 7) is 5.17. The first-order chi connectivity index (χ1) is 17.5. The van der Waals surface area contributed by atoms with Crippen LogP contribution in [0, 0.1) is 6.92 Å². The molecule has 0 saturated heterocycles. The van der Waals surface area contributed by atoms with Crippen molar-refractivity contribution >= 4 is 11.6 Å². The molecular weight excluding hydrogens is 458 g/mol. The molecule has 0 bridgehead atoms. The first-order valence-corrected chi connectivity index (χ1v) is 11.7. The number of carbonyl (C=O) groups is 1. The minimum atomic E-state index is -0.245. The van der Waals surface area contributed by atoms with Gasteiger partial charge in [0.05, 0.1) is 25.5 Å². The SMILES string of the molecule is COCCOc1ccc(C(C)NC(=O)c2cccc(OCc3cn4cc(C)ccc4n3)c2)cc1OC. The molecule has 0 aliphatic heterocycles. The van der Waals surface area contributed by atoms with Crippen molar-refractivity contribution in [2.45, 2.75) is 26.5 Å². The van der Waals surface area contributed by atoms with Gasteiger partial charge in [0.1, 0.15) is 24.6 Å². The van der Waals surface area contributed by atoms with Gasteiger partial charge in [-0.25, -0.2) is 4.98 Å². The van der Waals surface area contributed by atoms with Crippen LogP contribution < -0.4 is 19.5 Å². The minimum Gasteiger partial charge on any atom is -0.493 e. The quantitative estimate of drug-likeness (QED) is 0.306.